The molecule has 31 heavy (non-hydrogen) atoms. The van der Waals surface area contributed by atoms with Crippen molar-refractivity contribution in [3.05, 3.63) is 81.7 Å². The van der Waals surface area contributed by atoms with E-state index in [9.17, 15) is 27.2 Å². The van der Waals surface area contributed by atoms with Crippen LogP contribution >= 0.6 is 0 Å². The number of alkyl halides is 3. The van der Waals surface area contributed by atoms with Gasteiger partial charge in [0.05, 0.1) is 16.9 Å². The number of carbonyl (C=O) groups is 1. The molecular formula is C21H17F4N3O3. The van der Waals surface area contributed by atoms with Crippen molar-refractivity contribution in [2.24, 2.45) is 0 Å². The van der Waals surface area contributed by atoms with Crippen LogP contribution in [0.15, 0.2) is 53.6 Å². The summed E-state index contributed by atoms with van der Waals surface area (Å²) in [6.07, 6.45) is -1.69. The summed E-state index contributed by atoms with van der Waals surface area (Å²) in [5, 5.41) is 11.2. The van der Waals surface area contributed by atoms with E-state index >= 15 is 0 Å². The summed E-state index contributed by atoms with van der Waals surface area (Å²) in [5.41, 5.74) is -0.118. The molecule has 10 heteroatoms. The van der Waals surface area contributed by atoms with Crippen LogP contribution in [0.2, 0.25) is 0 Å². The molecule has 0 saturated carbocycles. The first-order chi connectivity index (χ1) is 14.6. The maximum Gasteiger partial charge on any atom is 0.416 e. The molecule has 1 heterocycles. The van der Waals surface area contributed by atoms with Gasteiger partial charge in [0.25, 0.3) is 5.56 Å². The van der Waals surface area contributed by atoms with Crippen molar-refractivity contribution in [2.45, 2.75) is 25.9 Å². The largest absolute Gasteiger partial charge is 0.481 e. The fraction of sp³-hybridized carbons (Fsp3) is 0.190. The van der Waals surface area contributed by atoms with Gasteiger partial charge < -0.3 is 10.4 Å². The summed E-state index contributed by atoms with van der Waals surface area (Å²) in [5.74, 6) is -2.36. The molecule has 0 unspecified atom stereocenters. The molecule has 0 saturated heterocycles. The van der Waals surface area contributed by atoms with Gasteiger partial charge in [-0.2, -0.15) is 13.2 Å². The average Bonchev–Trinajstić information content (AvgIpc) is 2.69. The van der Waals surface area contributed by atoms with Crippen LogP contribution in [0.1, 0.15) is 23.1 Å². The summed E-state index contributed by atoms with van der Waals surface area (Å²) < 4.78 is 53.5. The van der Waals surface area contributed by atoms with E-state index in [1.807, 2.05) is 0 Å². The minimum absolute atomic E-state index is 0.0270. The zero-order valence-corrected chi connectivity index (χ0v) is 16.2. The number of hydrogen-bond donors (Lipinski definition) is 2. The number of hydrogen-bond acceptors (Lipinski definition) is 4. The number of nitrogens with zero attached hydrogens (tertiary/aromatic N) is 2. The molecule has 0 aliphatic rings. The first-order valence-electron chi connectivity index (χ1n) is 9.09. The molecule has 0 radical (unpaired) electrons. The van der Waals surface area contributed by atoms with Crippen molar-refractivity contribution in [2.75, 3.05) is 5.32 Å². The Labute approximate surface area is 173 Å². The Morgan fingerprint density at radius 2 is 1.94 bits per heavy atom. The van der Waals surface area contributed by atoms with Crippen molar-refractivity contribution >= 4 is 17.5 Å². The predicted molar refractivity (Wildman–Crippen MR) is 105 cm³/mol. The van der Waals surface area contributed by atoms with Crippen LogP contribution in [0.25, 0.3) is 5.69 Å². The lowest BCUT2D eigenvalue weighted by molar-refractivity contribution is -0.138. The molecule has 0 aliphatic heterocycles. The van der Waals surface area contributed by atoms with Crippen LogP contribution in [0.5, 0.6) is 0 Å². The van der Waals surface area contributed by atoms with E-state index in [0.29, 0.717) is 29.8 Å². The highest BCUT2D eigenvalue weighted by atomic mass is 19.4. The number of anilines is 2. The second kappa shape index (κ2) is 8.58. The minimum atomic E-state index is -4.69. The monoisotopic (exact) mass is 435 g/mol. The summed E-state index contributed by atoms with van der Waals surface area (Å²) in [6.45, 7) is 1.75. The molecule has 0 spiro atoms. The molecule has 3 rings (SSSR count). The molecule has 2 N–H and O–H groups in total. The summed E-state index contributed by atoms with van der Waals surface area (Å²) in [4.78, 5) is 27.4. The van der Waals surface area contributed by atoms with E-state index in [1.165, 1.54) is 17.0 Å². The lowest BCUT2D eigenvalue weighted by Crippen LogP contribution is -2.22. The molecule has 162 valence electrons. The molecular weight excluding hydrogens is 418 g/mol. The SMILES string of the molecule is Cc1cc(CCC(=O)O)ccc1-n1ccnc(Nc2ccc(C(F)(F)F)cc2F)c1=O. The van der Waals surface area contributed by atoms with Gasteiger partial charge in [-0.05, 0) is 48.7 Å². The normalized spacial score (nSPS) is 11.4. The van der Waals surface area contributed by atoms with Crippen molar-refractivity contribution in [1.29, 1.82) is 0 Å². The van der Waals surface area contributed by atoms with Crippen molar-refractivity contribution in [3.8, 4) is 5.69 Å². The third-order valence-electron chi connectivity index (χ3n) is 4.54. The van der Waals surface area contributed by atoms with Crippen LogP contribution in [-0.4, -0.2) is 20.6 Å². The zero-order valence-electron chi connectivity index (χ0n) is 16.2. The Hall–Kier alpha value is -3.69. The third-order valence-corrected chi connectivity index (χ3v) is 4.54. The Morgan fingerprint density at radius 1 is 1.19 bits per heavy atom. The summed E-state index contributed by atoms with van der Waals surface area (Å²) in [6, 6.07) is 7.03. The molecule has 6 nitrogen and oxygen atoms in total. The average molecular weight is 435 g/mol. The van der Waals surface area contributed by atoms with Gasteiger partial charge in [0.2, 0.25) is 0 Å². The van der Waals surface area contributed by atoms with E-state index in [-0.39, 0.29) is 17.9 Å². The number of carboxylic acids is 1. The highest BCUT2D eigenvalue weighted by Crippen LogP contribution is 2.31. The molecule has 3 aromatic rings. The number of aromatic nitrogens is 2. The smallest absolute Gasteiger partial charge is 0.416 e. The standard InChI is InChI=1S/C21H17F4N3O3/c1-12-10-13(3-7-18(29)30)2-6-17(12)28-9-8-26-19(20(28)31)27-16-5-4-14(11-15(16)22)21(23,24)25/h2,4-6,8-11H,3,7H2,1H3,(H,26,27)(H,29,30). The quantitative estimate of drug-likeness (QED) is 0.559. The Balaban J connectivity index is 1.91. The molecule has 0 atom stereocenters. The van der Waals surface area contributed by atoms with Crippen molar-refractivity contribution < 1.29 is 27.5 Å². The topological polar surface area (TPSA) is 84.2 Å². The number of nitrogens with one attached hydrogen (secondary N) is 1. The van der Waals surface area contributed by atoms with Gasteiger partial charge in [0, 0.05) is 18.8 Å². The third kappa shape index (κ3) is 5.08. The fourth-order valence-electron chi connectivity index (χ4n) is 3.00. The lowest BCUT2D eigenvalue weighted by Gasteiger charge is -2.13. The number of aryl methyl sites for hydroxylation is 2. The van der Waals surface area contributed by atoms with Gasteiger partial charge in [0.15, 0.2) is 5.82 Å². The van der Waals surface area contributed by atoms with E-state index in [1.54, 1.807) is 25.1 Å². The molecule has 2 aromatic carbocycles. The Bertz CT molecular complexity index is 1190. The Kier molecular flexibility index (Phi) is 6.09. The van der Waals surface area contributed by atoms with Crippen molar-refractivity contribution in [3.63, 3.8) is 0 Å². The lowest BCUT2D eigenvalue weighted by atomic mass is 10.1. The highest BCUT2D eigenvalue weighted by molar-refractivity contribution is 5.67. The number of rotatable bonds is 6. The number of halogens is 4. The molecule has 0 amide bonds. The van der Waals surface area contributed by atoms with Crippen molar-refractivity contribution in [1.82, 2.24) is 9.55 Å². The van der Waals surface area contributed by atoms with Gasteiger partial charge in [-0.15, -0.1) is 0 Å². The molecule has 0 bridgehead atoms. The van der Waals surface area contributed by atoms with Gasteiger partial charge in [-0.1, -0.05) is 12.1 Å². The minimum Gasteiger partial charge on any atom is -0.481 e. The molecule has 0 fully saturated rings. The van der Waals surface area contributed by atoms with E-state index in [2.05, 4.69) is 10.3 Å². The molecule has 1 aromatic heterocycles. The van der Waals surface area contributed by atoms with Gasteiger partial charge in [0.1, 0.15) is 5.82 Å². The number of benzene rings is 2. The first-order valence-corrected chi connectivity index (χ1v) is 9.09. The van der Waals surface area contributed by atoms with Crippen LogP contribution < -0.4 is 10.9 Å². The van der Waals surface area contributed by atoms with Gasteiger partial charge >= 0.3 is 12.1 Å². The first kappa shape index (κ1) is 22.0. The summed E-state index contributed by atoms with van der Waals surface area (Å²) >= 11 is 0. The van der Waals surface area contributed by atoms with E-state index in [4.69, 9.17) is 5.11 Å². The number of carboxylic acid groups (broad SMARTS) is 1. The summed E-state index contributed by atoms with van der Waals surface area (Å²) in [7, 11) is 0. The fourth-order valence-corrected chi connectivity index (χ4v) is 3.00. The van der Waals surface area contributed by atoms with E-state index < -0.39 is 29.1 Å². The van der Waals surface area contributed by atoms with Gasteiger partial charge in [-0.3, -0.25) is 14.2 Å². The number of aliphatic carboxylic acids is 1. The van der Waals surface area contributed by atoms with Crippen LogP contribution in [0.4, 0.5) is 29.1 Å². The van der Waals surface area contributed by atoms with Crippen LogP contribution in [0.3, 0.4) is 0 Å². The van der Waals surface area contributed by atoms with E-state index in [0.717, 1.165) is 11.6 Å². The van der Waals surface area contributed by atoms with Gasteiger partial charge in [-0.25, -0.2) is 9.37 Å². The zero-order chi connectivity index (χ0) is 22.8. The highest BCUT2D eigenvalue weighted by Gasteiger charge is 2.31. The Morgan fingerprint density at radius 3 is 2.55 bits per heavy atom. The maximum absolute atomic E-state index is 14.1. The second-order valence-electron chi connectivity index (χ2n) is 6.78. The van der Waals surface area contributed by atoms with Crippen LogP contribution in [0, 0.1) is 12.7 Å². The predicted octanol–water partition coefficient (Wildman–Crippen LogP) is 4.46. The van der Waals surface area contributed by atoms with Crippen LogP contribution in [-0.2, 0) is 17.4 Å². The second-order valence-corrected chi connectivity index (χ2v) is 6.78. The maximum atomic E-state index is 14.1. The molecule has 0 aliphatic carbocycles.